The number of anilines is 1. The maximum atomic E-state index is 13.8. The molecule has 0 saturated heterocycles. The molecule has 0 saturated carbocycles. The highest BCUT2D eigenvalue weighted by atomic mass is 35.5. The summed E-state index contributed by atoms with van der Waals surface area (Å²) >= 11 is 12.0. The highest BCUT2D eigenvalue weighted by Gasteiger charge is 2.19. The van der Waals surface area contributed by atoms with Crippen molar-refractivity contribution < 1.29 is 9.18 Å². The van der Waals surface area contributed by atoms with Crippen LogP contribution in [0.5, 0.6) is 0 Å². The third-order valence-electron chi connectivity index (χ3n) is 3.47. The van der Waals surface area contributed by atoms with E-state index in [4.69, 9.17) is 23.2 Å². The average molecular weight is 355 g/mol. The van der Waals surface area contributed by atoms with Crippen molar-refractivity contribution in [1.29, 1.82) is 0 Å². The zero-order chi connectivity index (χ0) is 17.0. The molecule has 122 valence electrons. The van der Waals surface area contributed by atoms with E-state index in [1.165, 1.54) is 6.07 Å². The Morgan fingerprint density at radius 1 is 1.09 bits per heavy atom. The molecule has 2 rings (SSSR count). The van der Waals surface area contributed by atoms with E-state index in [0.29, 0.717) is 16.3 Å². The lowest BCUT2D eigenvalue weighted by molar-refractivity contribution is -0.117. The van der Waals surface area contributed by atoms with Crippen LogP contribution in [0.3, 0.4) is 0 Å². The normalized spacial score (nSPS) is 13.4. The van der Waals surface area contributed by atoms with E-state index < -0.39 is 6.04 Å². The largest absolute Gasteiger partial charge is 0.323 e. The van der Waals surface area contributed by atoms with Gasteiger partial charge in [-0.15, -0.1) is 0 Å². The Balaban J connectivity index is 2.03. The number of benzene rings is 2. The van der Waals surface area contributed by atoms with Crippen LogP contribution in [-0.2, 0) is 4.79 Å². The molecule has 2 unspecified atom stereocenters. The van der Waals surface area contributed by atoms with Gasteiger partial charge in [-0.25, -0.2) is 4.39 Å². The number of amides is 1. The van der Waals surface area contributed by atoms with Gasteiger partial charge >= 0.3 is 0 Å². The summed E-state index contributed by atoms with van der Waals surface area (Å²) in [6.07, 6.45) is 0. The van der Waals surface area contributed by atoms with Crippen LogP contribution < -0.4 is 10.6 Å². The van der Waals surface area contributed by atoms with Gasteiger partial charge in [-0.1, -0.05) is 47.5 Å². The van der Waals surface area contributed by atoms with Crippen molar-refractivity contribution in [3.05, 3.63) is 63.9 Å². The molecule has 2 aromatic rings. The van der Waals surface area contributed by atoms with E-state index in [1.54, 1.807) is 50.2 Å². The van der Waals surface area contributed by atoms with Crippen molar-refractivity contribution in [3.8, 4) is 0 Å². The number of carbonyl (C=O) groups is 1. The van der Waals surface area contributed by atoms with Crippen LogP contribution in [0, 0.1) is 5.82 Å². The molecule has 6 heteroatoms. The Morgan fingerprint density at radius 3 is 2.48 bits per heavy atom. The molecule has 0 aliphatic heterocycles. The predicted molar refractivity (Wildman–Crippen MR) is 92.5 cm³/mol. The van der Waals surface area contributed by atoms with E-state index in [0.717, 1.165) is 0 Å². The molecule has 0 aliphatic rings. The van der Waals surface area contributed by atoms with E-state index >= 15 is 0 Å². The van der Waals surface area contributed by atoms with Crippen molar-refractivity contribution in [1.82, 2.24) is 5.32 Å². The van der Waals surface area contributed by atoms with E-state index in [1.807, 2.05) is 0 Å². The molecule has 2 aromatic carbocycles. The summed E-state index contributed by atoms with van der Waals surface area (Å²) in [7, 11) is 0. The summed E-state index contributed by atoms with van der Waals surface area (Å²) in [5.74, 6) is -0.588. The van der Waals surface area contributed by atoms with Gasteiger partial charge in [0.2, 0.25) is 5.91 Å². The minimum atomic E-state index is -0.542. The molecule has 23 heavy (non-hydrogen) atoms. The zero-order valence-corrected chi connectivity index (χ0v) is 14.3. The molecule has 0 heterocycles. The summed E-state index contributed by atoms with van der Waals surface area (Å²) < 4.78 is 13.8. The standard InChI is InChI=1S/C17H17Cl2FN2O/c1-10(12-6-3-4-8-14(12)20)21-11(2)17(23)22-15-9-5-7-13(18)16(15)19/h3-11,21H,1-2H3,(H,22,23). The van der Waals surface area contributed by atoms with Crippen molar-refractivity contribution in [2.45, 2.75) is 25.9 Å². The Labute approximate surface area is 144 Å². The number of rotatable bonds is 5. The van der Waals surface area contributed by atoms with Gasteiger partial charge < -0.3 is 5.32 Å². The zero-order valence-electron chi connectivity index (χ0n) is 12.7. The summed E-state index contributed by atoms with van der Waals surface area (Å²) in [5.41, 5.74) is 0.948. The first-order valence-corrected chi connectivity index (χ1v) is 7.91. The summed E-state index contributed by atoms with van der Waals surface area (Å²) in [4.78, 5) is 12.3. The number of hydrogen-bond acceptors (Lipinski definition) is 2. The van der Waals surface area contributed by atoms with Gasteiger partial charge in [-0.3, -0.25) is 10.1 Å². The van der Waals surface area contributed by atoms with Crippen LogP contribution in [0.4, 0.5) is 10.1 Å². The minimum Gasteiger partial charge on any atom is -0.323 e. The summed E-state index contributed by atoms with van der Waals surface area (Å²) in [5, 5.41) is 6.43. The van der Waals surface area contributed by atoms with E-state index in [2.05, 4.69) is 10.6 Å². The molecular formula is C17H17Cl2FN2O. The third kappa shape index (κ3) is 4.44. The molecule has 0 aromatic heterocycles. The number of halogens is 3. The van der Waals surface area contributed by atoms with Crippen molar-refractivity contribution in [3.63, 3.8) is 0 Å². The predicted octanol–water partition coefficient (Wildman–Crippen LogP) is 4.81. The quantitative estimate of drug-likeness (QED) is 0.808. The van der Waals surface area contributed by atoms with Crippen LogP contribution in [0.25, 0.3) is 0 Å². The van der Waals surface area contributed by atoms with Crippen LogP contribution >= 0.6 is 23.2 Å². The number of hydrogen-bond donors (Lipinski definition) is 2. The first-order valence-electron chi connectivity index (χ1n) is 7.15. The second kappa shape index (κ2) is 7.77. The molecule has 3 nitrogen and oxygen atoms in total. The van der Waals surface area contributed by atoms with Gasteiger partial charge in [0.15, 0.2) is 0 Å². The fourth-order valence-corrected chi connectivity index (χ4v) is 2.56. The molecule has 1 amide bonds. The van der Waals surface area contributed by atoms with E-state index in [-0.39, 0.29) is 22.8 Å². The lowest BCUT2D eigenvalue weighted by Gasteiger charge is -2.20. The highest BCUT2D eigenvalue weighted by molar-refractivity contribution is 6.44. The van der Waals surface area contributed by atoms with Crippen molar-refractivity contribution in [2.75, 3.05) is 5.32 Å². The molecule has 2 atom stereocenters. The molecule has 0 aliphatic carbocycles. The number of carbonyl (C=O) groups excluding carboxylic acids is 1. The Morgan fingerprint density at radius 2 is 1.78 bits per heavy atom. The SMILES string of the molecule is CC(NC(C)c1ccccc1F)C(=O)Nc1cccc(Cl)c1Cl. The van der Waals surface area contributed by atoms with Crippen LogP contribution in [0.2, 0.25) is 10.0 Å². The lowest BCUT2D eigenvalue weighted by atomic mass is 10.1. The maximum Gasteiger partial charge on any atom is 0.241 e. The molecular weight excluding hydrogens is 338 g/mol. The first-order chi connectivity index (χ1) is 10.9. The topological polar surface area (TPSA) is 41.1 Å². The Hall–Kier alpha value is -1.62. The van der Waals surface area contributed by atoms with Gasteiger partial charge in [-0.2, -0.15) is 0 Å². The molecule has 0 radical (unpaired) electrons. The monoisotopic (exact) mass is 354 g/mol. The highest BCUT2D eigenvalue weighted by Crippen LogP contribution is 2.29. The second-order valence-corrected chi connectivity index (χ2v) is 6.01. The van der Waals surface area contributed by atoms with Gasteiger partial charge in [-0.05, 0) is 32.0 Å². The fraction of sp³-hybridized carbons (Fsp3) is 0.235. The summed E-state index contributed by atoms with van der Waals surface area (Å²) in [6, 6.07) is 10.6. The lowest BCUT2D eigenvalue weighted by Crippen LogP contribution is -2.39. The first kappa shape index (κ1) is 17.7. The smallest absolute Gasteiger partial charge is 0.241 e. The Kier molecular flexibility index (Phi) is 5.99. The van der Waals surface area contributed by atoms with Gasteiger partial charge in [0.25, 0.3) is 0 Å². The van der Waals surface area contributed by atoms with Crippen molar-refractivity contribution >= 4 is 34.8 Å². The molecule has 0 bridgehead atoms. The van der Waals surface area contributed by atoms with Crippen LogP contribution in [-0.4, -0.2) is 11.9 Å². The van der Waals surface area contributed by atoms with E-state index in [9.17, 15) is 9.18 Å². The Bertz CT molecular complexity index is 709. The minimum absolute atomic E-state index is 0.280. The molecule has 0 fully saturated rings. The molecule has 2 N–H and O–H groups in total. The second-order valence-electron chi connectivity index (χ2n) is 5.22. The average Bonchev–Trinajstić information content (AvgIpc) is 2.52. The maximum absolute atomic E-state index is 13.8. The third-order valence-corrected chi connectivity index (χ3v) is 4.29. The fourth-order valence-electron chi connectivity index (χ4n) is 2.21. The van der Waals surface area contributed by atoms with Gasteiger partial charge in [0.05, 0.1) is 21.8 Å². The summed E-state index contributed by atoms with van der Waals surface area (Å²) in [6.45, 7) is 3.50. The van der Waals surface area contributed by atoms with Gasteiger partial charge in [0.1, 0.15) is 5.82 Å². The van der Waals surface area contributed by atoms with Crippen LogP contribution in [0.1, 0.15) is 25.5 Å². The van der Waals surface area contributed by atoms with Crippen molar-refractivity contribution in [2.24, 2.45) is 0 Å². The number of nitrogens with one attached hydrogen (secondary N) is 2. The molecule has 0 spiro atoms. The van der Waals surface area contributed by atoms with Crippen LogP contribution in [0.15, 0.2) is 42.5 Å². The van der Waals surface area contributed by atoms with Gasteiger partial charge in [0, 0.05) is 11.6 Å².